The Balaban J connectivity index is 3.30. The van der Waals surface area contributed by atoms with Crippen LogP contribution < -0.4 is 10.6 Å². The summed E-state index contributed by atoms with van der Waals surface area (Å²) in [5, 5.41) is 5.27. The minimum Gasteiger partial charge on any atom is -0.384 e. The number of rotatable bonds is 8. The first-order valence-corrected chi connectivity index (χ1v) is 5.32. The van der Waals surface area contributed by atoms with Crippen LogP contribution in [0.4, 0.5) is 0 Å². The van der Waals surface area contributed by atoms with E-state index in [2.05, 4.69) is 10.6 Å². The lowest BCUT2D eigenvalue weighted by atomic mass is 10.4. The van der Waals surface area contributed by atoms with E-state index in [-0.39, 0.29) is 11.8 Å². The van der Waals surface area contributed by atoms with Crippen LogP contribution in [0.3, 0.4) is 0 Å². The molecule has 0 saturated carbocycles. The van der Waals surface area contributed by atoms with Gasteiger partial charge in [0.1, 0.15) is 0 Å². The van der Waals surface area contributed by atoms with Crippen molar-refractivity contribution in [2.75, 3.05) is 32.7 Å². The molecule has 5 nitrogen and oxygen atoms in total. The molecule has 88 valence electrons. The monoisotopic (exact) mass is 236 g/mol. The van der Waals surface area contributed by atoms with Crippen LogP contribution in [0, 0.1) is 0 Å². The van der Waals surface area contributed by atoms with Gasteiger partial charge in [-0.2, -0.15) is 0 Å². The first-order chi connectivity index (χ1) is 7.20. The van der Waals surface area contributed by atoms with Crippen LogP contribution in [0.25, 0.3) is 0 Å². The van der Waals surface area contributed by atoms with Crippen molar-refractivity contribution in [2.24, 2.45) is 0 Å². The molecule has 0 aliphatic carbocycles. The largest absolute Gasteiger partial charge is 0.384 e. The lowest BCUT2D eigenvalue weighted by Crippen LogP contribution is -2.35. The zero-order valence-electron chi connectivity index (χ0n) is 8.85. The van der Waals surface area contributed by atoms with Gasteiger partial charge in [0.25, 0.3) is 0 Å². The Bertz CT molecular complexity index is 200. The van der Waals surface area contributed by atoms with Crippen molar-refractivity contribution in [3.8, 4) is 0 Å². The molecule has 0 bridgehead atoms. The second-order valence-corrected chi connectivity index (χ2v) is 3.26. The molecule has 0 aromatic rings. The van der Waals surface area contributed by atoms with Crippen molar-refractivity contribution >= 4 is 23.4 Å². The number of ether oxygens (including phenoxy) is 1. The van der Waals surface area contributed by atoms with Gasteiger partial charge in [-0.15, -0.1) is 11.6 Å². The zero-order valence-corrected chi connectivity index (χ0v) is 9.60. The third-order valence-corrected chi connectivity index (χ3v) is 1.81. The van der Waals surface area contributed by atoms with Crippen molar-refractivity contribution in [3.05, 3.63) is 0 Å². The first-order valence-electron chi connectivity index (χ1n) is 4.79. The maximum absolute atomic E-state index is 11.0. The predicted molar refractivity (Wildman–Crippen MR) is 57.8 cm³/mol. The minimum atomic E-state index is -0.101. The Morgan fingerprint density at radius 2 is 1.67 bits per heavy atom. The van der Waals surface area contributed by atoms with Gasteiger partial charge < -0.3 is 15.4 Å². The van der Waals surface area contributed by atoms with Crippen LogP contribution in [0.5, 0.6) is 0 Å². The Labute approximate surface area is 94.5 Å². The highest BCUT2D eigenvalue weighted by atomic mass is 35.5. The van der Waals surface area contributed by atoms with E-state index in [1.807, 2.05) is 0 Å². The normalized spacial score (nSPS) is 9.73. The van der Waals surface area contributed by atoms with Gasteiger partial charge in [0.05, 0.1) is 6.61 Å². The molecule has 0 aromatic carbocycles. The molecule has 0 aliphatic rings. The smallest absolute Gasteiger partial charge is 0.222 e. The minimum absolute atomic E-state index is 0.0801. The summed E-state index contributed by atoms with van der Waals surface area (Å²) in [4.78, 5) is 22.0. The van der Waals surface area contributed by atoms with Crippen molar-refractivity contribution in [3.63, 3.8) is 0 Å². The summed E-state index contributed by atoms with van der Waals surface area (Å²) in [6, 6.07) is 0. The number of nitrogens with one attached hydrogen (secondary N) is 2. The van der Waals surface area contributed by atoms with Crippen LogP contribution in [0.2, 0.25) is 0 Å². The van der Waals surface area contributed by atoms with Crippen LogP contribution in [-0.4, -0.2) is 44.5 Å². The summed E-state index contributed by atoms with van der Waals surface area (Å²) in [6.07, 6.45) is 0.644. The number of methoxy groups -OCH3 is 1. The molecule has 6 heteroatoms. The van der Waals surface area contributed by atoms with Gasteiger partial charge in [0, 0.05) is 38.9 Å². The third kappa shape index (κ3) is 9.49. The van der Waals surface area contributed by atoms with Crippen LogP contribution in [0.1, 0.15) is 12.8 Å². The number of alkyl halides is 1. The zero-order chi connectivity index (χ0) is 11.5. The van der Waals surface area contributed by atoms with E-state index >= 15 is 0 Å². The molecule has 0 radical (unpaired) electrons. The lowest BCUT2D eigenvalue weighted by molar-refractivity contribution is -0.123. The van der Waals surface area contributed by atoms with E-state index in [0.717, 1.165) is 0 Å². The molecule has 0 atom stereocenters. The first kappa shape index (κ1) is 14.2. The molecule has 0 saturated heterocycles. The number of carbonyl (C=O) groups is 2. The SMILES string of the molecule is COCCC(=O)NCCNC(=O)CCCl. The molecule has 0 aromatic heterocycles. The van der Waals surface area contributed by atoms with Gasteiger partial charge in [-0.05, 0) is 0 Å². The summed E-state index contributed by atoms with van der Waals surface area (Å²) in [6.45, 7) is 1.26. The molecular formula is C9H17ClN2O3. The van der Waals surface area contributed by atoms with Gasteiger partial charge in [0.15, 0.2) is 0 Å². The number of hydrogen-bond acceptors (Lipinski definition) is 3. The Hall–Kier alpha value is -0.810. The predicted octanol–water partition coefficient (Wildman–Crippen LogP) is -0.116. The van der Waals surface area contributed by atoms with E-state index in [4.69, 9.17) is 16.3 Å². The van der Waals surface area contributed by atoms with E-state index in [1.165, 1.54) is 0 Å². The average molecular weight is 237 g/mol. The number of carbonyl (C=O) groups excluding carboxylic acids is 2. The topological polar surface area (TPSA) is 67.4 Å². The summed E-state index contributed by atoms with van der Waals surface area (Å²) in [7, 11) is 1.54. The van der Waals surface area contributed by atoms with Gasteiger partial charge in [-0.25, -0.2) is 0 Å². The second-order valence-electron chi connectivity index (χ2n) is 2.88. The van der Waals surface area contributed by atoms with Crippen molar-refractivity contribution in [1.29, 1.82) is 0 Å². The molecule has 15 heavy (non-hydrogen) atoms. The second kappa shape index (κ2) is 9.73. The quantitative estimate of drug-likeness (QED) is 0.456. The maximum Gasteiger partial charge on any atom is 0.222 e. The summed E-state index contributed by atoms with van der Waals surface area (Å²) in [5.41, 5.74) is 0. The van der Waals surface area contributed by atoms with Crippen LogP contribution in [0.15, 0.2) is 0 Å². The van der Waals surface area contributed by atoms with Gasteiger partial charge in [-0.3, -0.25) is 9.59 Å². The Morgan fingerprint density at radius 3 is 2.13 bits per heavy atom. The summed E-state index contributed by atoms with van der Waals surface area (Å²) in [5.74, 6) is 0.131. The fourth-order valence-electron chi connectivity index (χ4n) is 0.861. The highest BCUT2D eigenvalue weighted by Crippen LogP contribution is 1.83. The standard InChI is InChI=1S/C9H17ClN2O3/c1-15-7-3-9(14)12-6-5-11-8(13)2-4-10/h2-7H2,1H3,(H,11,13)(H,12,14). The van der Waals surface area contributed by atoms with Crippen LogP contribution in [-0.2, 0) is 14.3 Å². The Kier molecular flexibility index (Phi) is 9.21. The lowest BCUT2D eigenvalue weighted by Gasteiger charge is -2.06. The molecular weight excluding hydrogens is 220 g/mol. The van der Waals surface area contributed by atoms with Gasteiger partial charge in [-0.1, -0.05) is 0 Å². The van der Waals surface area contributed by atoms with Gasteiger partial charge >= 0.3 is 0 Å². The Morgan fingerprint density at radius 1 is 1.13 bits per heavy atom. The highest BCUT2D eigenvalue weighted by Gasteiger charge is 2.01. The number of hydrogen-bond donors (Lipinski definition) is 2. The van der Waals surface area contributed by atoms with Crippen molar-refractivity contribution in [2.45, 2.75) is 12.8 Å². The van der Waals surface area contributed by atoms with Crippen LogP contribution >= 0.6 is 11.6 Å². The molecule has 0 heterocycles. The van der Waals surface area contributed by atoms with E-state index in [0.29, 0.717) is 38.4 Å². The molecule has 0 aliphatic heterocycles. The van der Waals surface area contributed by atoms with E-state index in [1.54, 1.807) is 7.11 Å². The highest BCUT2D eigenvalue weighted by molar-refractivity contribution is 6.18. The van der Waals surface area contributed by atoms with Gasteiger partial charge in [0.2, 0.25) is 11.8 Å². The third-order valence-electron chi connectivity index (χ3n) is 1.62. The summed E-state index contributed by atoms with van der Waals surface area (Å²) >= 11 is 5.37. The van der Waals surface area contributed by atoms with E-state index in [9.17, 15) is 9.59 Å². The molecule has 2 amide bonds. The van der Waals surface area contributed by atoms with Crippen molar-refractivity contribution in [1.82, 2.24) is 10.6 Å². The van der Waals surface area contributed by atoms with E-state index < -0.39 is 0 Å². The number of halogens is 1. The molecule has 0 unspecified atom stereocenters. The maximum atomic E-state index is 11.0. The van der Waals surface area contributed by atoms with Crippen molar-refractivity contribution < 1.29 is 14.3 Å². The fraction of sp³-hybridized carbons (Fsp3) is 0.778. The molecule has 0 spiro atoms. The average Bonchev–Trinajstić information content (AvgIpc) is 2.22. The fourth-order valence-corrected chi connectivity index (χ4v) is 1.03. The summed E-state index contributed by atoms with van der Waals surface area (Å²) < 4.78 is 4.74. The molecule has 2 N–H and O–H groups in total. The number of amides is 2. The molecule has 0 fully saturated rings. The molecule has 0 rings (SSSR count).